The molecule has 0 amide bonds. The minimum Gasteiger partial charge on any atom is -0.464 e. The Morgan fingerprint density at radius 1 is 1.71 bits per heavy atom. The number of carbonyl (C=O) groups excluding carboxylic acids is 1. The molecular formula is C10H9F2N3O2. The molecule has 0 aliphatic heterocycles. The summed E-state index contributed by atoms with van der Waals surface area (Å²) < 4.78 is 29.6. The van der Waals surface area contributed by atoms with Crippen molar-refractivity contribution < 1.29 is 18.3 Å². The molecule has 1 aromatic rings. The van der Waals surface area contributed by atoms with Crippen LogP contribution >= 0.6 is 0 Å². The molecule has 90 valence electrons. The predicted octanol–water partition coefficient (Wildman–Crippen LogP) is 1.14. The van der Waals surface area contributed by atoms with Gasteiger partial charge in [0, 0.05) is 12.1 Å². The fourth-order valence-electron chi connectivity index (χ4n) is 1.25. The second kappa shape index (κ2) is 5.32. The SMILES string of the molecule is COC(=O)c1nc(C(F)F)c(C#N)cc1CN. The number of hydrogen-bond donors (Lipinski definition) is 1. The maximum absolute atomic E-state index is 12.6. The number of ether oxygens (including phenoxy) is 1. The van der Waals surface area contributed by atoms with E-state index < -0.39 is 18.1 Å². The number of pyridine rings is 1. The van der Waals surface area contributed by atoms with Gasteiger partial charge in [-0.1, -0.05) is 0 Å². The molecule has 0 saturated carbocycles. The van der Waals surface area contributed by atoms with E-state index in [9.17, 15) is 13.6 Å². The third kappa shape index (κ3) is 2.54. The first kappa shape index (κ1) is 13.0. The number of rotatable bonds is 3. The van der Waals surface area contributed by atoms with Crippen LogP contribution in [0.4, 0.5) is 8.78 Å². The highest BCUT2D eigenvalue weighted by atomic mass is 19.3. The largest absolute Gasteiger partial charge is 0.464 e. The molecule has 0 atom stereocenters. The molecule has 0 bridgehead atoms. The van der Waals surface area contributed by atoms with Crippen molar-refractivity contribution >= 4 is 5.97 Å². The molecule has 7 heteroatoms. The van der Waals surface area contributed by atoms with Crippen LogP contribution in [0.3, 0.4) is 0 Å². The molecular weight excluding hydrogens is 232 g/mol. The van der Waals surface area contributed by atoms with Crippen molar-refractivity contribution in [3.63, 3.8) is 0 Å². The summed E-state index contributed by atoms with van der Waals surface area (Å²) in [5.41, 5.74) is 4.21. The van der Waals surface area contributed by atoms with Gasteiger partial charge < -0.3 is 10.5 Å². The minimum atomic E-state index is -2.94. The number of hydrogen-bond acceptors (Lipinski definition) is 5. The van der Waals surface area contributed by atoms with E-state index in [1.165, 1.54) is 0 Å². The Kier molecular flexibility index (Phi) is 4.06. The second-order valence-electron chi connectivity index (χ2n) is 3.04. The van der Waals surface area contributed by atoms with Gasteiger partial charge in [0.25, 0.3) is 6.43 Å². The van der Waals surface area contributed by atoms with Crippen molar-refractivity contribution in [3.05, 3.63) is 28.6 Å². The Hall–Kier alpha value is -2.07. The average molecular weight is 241 g/mol. The van der Waals surface area contributed by atoms with Gasteiger partial charge in [-0.3, -0.25) is 0 Å². The lowest BCUT2D eigenvalue weighted by atomic mass is 10.1. The summed E-state index contributed by atoms with van der Waals surface area (Å²) in [6.07, 6.45) is -2.94. The fourth-order valence-corrected chi connectivity index (χ4v) is 1.25. The quantitative estimate of drug-likeness (QED) is 0.801. The smallest absolute Gasteiger partial charge is 0.356 e. The molecule has 1 heterocycles. The first-order valence-electron chi connectivity index (χ1n) is 4.55. The monoisotopic (exact) mass is 241 g/mol. The van der Waals surface area contributed by atoms with E-state index in [0.29, 0.717) is 0 Å². The number of methoxy groups -OCH3 is 1. The van der Waals surface area contributed by atoms with Crippen LogP contribution in [0.1, 0.15) is 33.7 Å². The number of alkyl halides is 2. The van der Waals surface area contributed by atoms with Gasteiger partial charge in [0.1, 0.15) is 11.8 Å². The van der Waals surface area contributed by atoms with E-state index in [-0.39, 0.29) is 23.4 Å². The molecule has 0 unspecified atom stereocenters. The summed E-state index contributed by atoms with van der Waals surface area (Å²) in [7, 11) is 1.10. The number of nitrogens with zero attached hydrogens (tertiary/aromatic N) is 2. The lowest BCUT2D eigenvalue weighted by molar-refractivity contribution is 0.0591. The number of esters is 1. The lowest BCUT2D eigenvalue weighted by Crippen LogP contribution is -2.14. The van der Waals surface area contributed by atoms with Gasteiger partial charge in [-0.2, -0.15) is 5.26 Å². The average Bonchev–Trinajstić information content (AvgIpc) is 2.35. The zero-order valence-electron chi connectivity index (χ0n) is 8.91. The summed E-state index contributed by atoms with van der Waals surface area (Å²) in [4.78, 5) is 14.8. The van der Waals surface area contributed by atoms with Gasteiger partial charge in [0.2, 0.25) is 0 Å². The Balaban J connectivity index is 3.45. The maximum atomic E-state index is 12.6. The number of aromatic nitrogens is 1. The predicted molar refractivity (Wildman–Crippen MR) is 53.1 cm³/mol. The van der Waals surface area contributed by atoms with Crippen molar-refractivity contribution in [1.82, 2.24) is 4.98 Å². The van der Waals surface area contributed by atoms with Crippen LogP contribution in [0.5, 0.6) is 0 Å². The minimum absolute atomic E-state index is 0.102. The van der Waals surface area contributed by atoms with Gasteiger partial charge in [0.05, 0.1) is 12.7 Å². The molecule has 1 aromatic heterocycles. The molecule has 0 radical (unpaired) electrons. The zero-order chi connectivity index (χ0) is 13.0. The third-order valence-corrected chi connectivity index (χ3v) is 2.06. The third-order valence-electron chi connectivity index (χ3n) is 2.06. The highest BCUT2D eigenvalue weighted by Gasteiger charge is 2.22. The first-order chi connectivity index (χ1) is 8.04. The number of nitrogens with two attached hydrogens (primary N) is 1. The number of carbonyl (C=O) groups is 1. The molecule has 0 saturated heterocycles. The van der Waals surface area contributed by atoms with Crippen LogP contribution in [-0.4, -0.2) is 18.1 Å². The van der Waals surface area contributed by atoms with Gasteiger partial charge in [-0.25, -0.2) is 18.6 Å². The van der Waals surface area contributed by atoms with E-state index in [0.717, 1.165) is 13.2 Å². The molecule has 1 rings (SSSR count). The van der Waals surface area contributed by atoms with Gasteiger partial charge in [0.15, 0.2) is 5.69 Å². The second-order valence-corrected chi connectivity index (χ2v) is 3.04. The Morgan fingerprint density at radius 2 is 2.35 bits per heavy atom. The Morgan fingerprint density at radius 3 is 2.76 bits per heavy atom. The molecule has 5 nitrogen and oxygen atoms in total. The van der Waals surface area contributed by atoms with Crippen LogP contribution in [0.15, 0.2) is 6.07 Å². The molecule has 2 N–H and O–H groups in total. The maximum Gasteiger partial charge on any atom is 0.356 e. The summed E-state index contributed by atoms with van der Waals surface area (Å²) >= 11 is 0. The van der Waals surface area contributed by atoms with Gasteiger partial charge >= 0.3 is 5.97 Å². The zero-order valence-corrected chi connectivity index (χ0v) is 8.91. The van der Waals surface area contributed by atoms with Crippen molar-refractivity contribution in [2.24, 2.45) is 5.73 Å². The molecule has 0 aliphatic carbocycles. The van der Waals surface area contributed by atoms with E-state index in [1.807, 2.05) is 0 Å². The van der Waals surface area contributed by atoms with E-state index in [2.05, 4.69) is 9.72 Å². The molecule has 0 fully saturated rings. The van der Waals surface area contributed by atoms with Crippen molar-refractivity contribution in [2.45, 2.75) is 13.0 Å². The van der Waals surface area contributed by atoms with E-state index >= 15 is 0 Å². The topological polar surface area (TPSA) is 89.0 Å². The van der Waals surface area contributed by atoms with Crippen LogP contribution in [0.2, 0.25) is 0 Å². The van der Waals surface area contributed by atoms with E-state index in [1.54, 1.807) is 6.07 Å². The number of halogens is 2. The standard InChI is InChI=1S/C10H9F2N3O2/c1-17-10(16)8-6(4-14)2-5(3-13)7(15-8)9(11)12/h2,9H,4,14H2,1H3. The van der Waals surface area contributed by atoms with Crippen molar-refractivity contribution in [3.8, 4) is 6.07 Å². The summed E-state index contributed by atoms with van der Waals surface area (Å²) in [5, 5.41) is 8.69. The highest BCUT2D eigenvalue weighted by Crippen LogP contribution is 2.23. The normalized spacial score (nSPS) is 10.1. The van der Waals surface area contributed by atoms with Crippen LogP contribution in [0.25, 0.3) is 0 Å². The number of nitriles is 1. The fraction of sp³-hybridized carbons (Fsp3) is 0.300. The summed E-state index contributed by atoms with van der Waals surface area (Å²) in [6, 6.07) is 2.71. The highest BCUT2D eigenvalue weighted by molar-refractivity contribution is 5.89. The van der Waals surface area contributed by atoms with Crippen molar-refractivity contribution in [2.75, 3.05) is 7.11 Å². The van der Waals surface area contributed by atoms with Crippen LogP contribution < -0.4 is 5.73 Å². The van der Waals surface area contributed by atoms with Crippen LogP contribution in [0, 0.1) is 11.3 Å². The van der Waals surface area contributed by atoms with Gasteiger partial charge in [-0.05, 0) is 6.07 Å². The van der Waals surface area contributed by atoms with E-state index in [4.69, 9.17) is 11.0 Å². The Bertz CT molecular complexity index is 483. The summed E-state index contributed by atoms with van der Waals surface area (Å²) in [5.74, 6) is -0.864. The Labute approximate surface area is 95.8 Å². The molecule has 0 spiro atoms. The molecule has 0 aromatic carbocycles. The molecule has 0 aliphatic rings. The summed E-state index contributed by atoms with van der Waals surface area (Å²) in [6.45, 7) is -0.102. The van der Waals surface area contributed by atoms with Crippen molar-refractivity contribution in [1.29, 1.82) is 5.26 Å². The van der Waals surface area contributed by atoms with Crippen LogP contribution in [-0.2, 0) is 11.3 Å². The lowest BCUT2D eigenvalue weighted by Gasteiger charge is -2.09. The van der Waals surface area contributed by atoms with Gasteiger partial charge in [-0.15, -0.1) is 0 Å². The molecule has 17 heavy (non-hydrogen) atoms. The first-order valence-corrected chi connectivity index (χ1v) is 4.55.